The van der Waals surface area contributed by atoms with Gasteiger partial charge in [0, 0.05) is 18.8 Å². The van der Waals surface area contributed by atoms with Crippen LogP contribution >= 0.6 is 11.6 Å². The first-order valence-electron chi connectivity index (χ1n) is 5.09. The van der Waals surface area contributed by atoms with Crippen LogP contribution in [0.15, 0.2) is 36.7 Å². The molecule has 0 unspecified atom stereocenters. The number of hydrogen-bond acceptors (Lipinski definition) is 4. The van der Waals surface area contributed by atoms with Gasteiger partial charge >= 0.3 is 0 Å². The Morgan fingerprint density at radius 2 is 2.12 bits per heavy atom. The van der Waals surface area contributed by atoms with Gasteiger partial charge in [-0.1, -0.05) is 17.7 Å². The zero-order valence-electron chi connectivity index (χ0n) is 8.79. The van der Waals surface area contributed by atoms with Crippen LogP contribution in [-0.4, -0.2) is 24.8 Å². The van der Waals surface area contributed by atoms with Crippen LogP contribution in [0.5, 0.6) is 0 Å². The van der Waals surface area contributed by atoms with Crippen molar-refractivity contribution in [3.8, 4) is 0 Å². The number of nitrogens with zero attached hydrogens (tertiary/aromatic N) is 5. The molecule has 6 heteroatoms. The van der Waals surface area contributed by atoms with Crippen molar-refractivity contribution in [3.63, 3.8) is 0 Å². The lowest BCUT2D eigenvalue weighted by atomic mass is 10.2. The number of aromatic nitrogens is 5. The Balaban J connectivity index is 2.03. The van der Waals surface area contributed by atoms with Crippen LogP contribution in [0.1, 0.15) is 11.4 Å². The summed E-state index contributed by atoms with van der Waals surface area (Å²) in [6.07, 6.45) is 4.16. The molecule has 5 nitrogen and oxygen atoms in total. The highest BCUT2D eigenvalue weighted by molar-refractivity contribution is 6.29. The minimum atomic E-state index is 0.421. The first-order valence-corrected chi connectivity index (χ1v) is 5.46. The van der Waals surface area contributed by atoms with Gasteiger partial charge in [-0.2, -0.15) is 9.61 Å². The molecular formula is C11H8ClN5. The maximum Gasteiger partial charge on any atom is 0.178 e. The highest BCUT2D eigenvalue weighted by Crippen LogP contribution is 2.10. The summed E-state index contributed by atoms with van der Waals surface area (Å²) >= 11 is 5.85. The van der Waals surface area contributed by atoms with Crippen molar-refractivity contribution in [2.45, 2.75) is 6.42 Å². The summed E-state index contributed by atoms with van der Waals surface area (Å²) in [6.45, 7) is 0. The van der Waals surface area contributed by atoms with E-state index in [1.807, 2.05) is 12.1 Å². The average Bonchev–Trinajstić information content (AvgIpc) is 2.73. The summed E-state index contributed by atoms with van der Waals surface area (Å²) in [6, 6.07) is 7.35. The second-order valence-corrected chi connectivity index (χ2v) is 3.97. The van der Waals surface area contributed by atoms with Crippen LogP contribution < -0.4 is 0 Å². The fraction of sp³-hybridized carbons (Fsp3) is 0.0909. The molecule has 0 bridgehead atoms. The molecule has 17 heavy (non-hydrogen) atoms. The van der Waals surface area contributed by atoms with Gasteiger partial charge in [-0.3, -0.25) is 4.98 Å². The average molecular weight is 246 g/mol. The number of hydrogen-bond donors (Lipinski definition) is 0. The second kappa shape index (κ2) is 4.10. The van der Waals surface area contributed by atoms with Crippen LogP contribution in [0.2, 0.25) is 5.15 Å². The van der Waals surface area contributed by atoms with Crippen molar-refractivity contribution in [1.82, 2.24) is 24.8 Å². The molecule has 0 amide bonds. The lowest BCUT2D eigenvalue weighted by Gasteiger charge is -1.99. The predicted octanol–water partition coefficient (Wildman–Crippen LogP) is 1.76. The van der Waals surface area contributed by atoms with Crippen LogP contribution in [-0.2, 0) is 6.42 Å². The molecule has 84 valence electrons. The normalized spacial score (nSPS) is 10.9. The molecule has 0 aliphatic heterocycles. The molecule has 0 N–H and O–H groups in total. The van der Waals surface area contributed by atoms with Gasteiger partial charge in [0.2, 0.25) is 0 Å². The molecule has 0 fully saturated rings. The number of pyridine rings is 1. The Hall–Kier alpha value is -2.01. The van der Waals surface area contributed by atoms with Crippen LogP contribution in [0.3, 0.4) is 0 Å². The van der Waals surface area contributed by atoms with Crippen molar-refractivity contribution in [2.24, 2.45) is 0 Å². The monoisotopic (exact) mass is 245 g/mol. The van der Waals surface area contributed by atoms with Gasteiger partial charge in [-0.15, -0.1) is 10.2 Å². The minimum Gasteiger partial charge on any atom is -0.264 e. The highest BCUT2D eigenvalue weighted by Gasteiger charge is 2.07. The molecule has 0 saturated heterocycles. The quantitative estimate of drug-likeness (QED) is 0.690. The lowest BCUT2D eigenvalue weighted by Crippen LogP contribution is -2.00. The molecule has 3 rings (SSSR count). The van der Waals surface area contributed by atoms with Crippen molar-refractivity contribution in [1.29, 1.82) is 0 Å². The van der Waals surface area contributed by atoms with E-state index in [9.17, 15) is 0 Å². The van der Waals surface area contributed by atoms with E-state index < -0.39 is 0 Å². The summed E-state index contributed by atoms with van der Waals surface area (Å²) in [5, 5.41) is 12.7. The Bertz CT molecular complexity index is 649. The number of rotatable bonds is 2. The minimum absolute atomic E-state index is 0.421. The third kappa shape index (κ3) is 1.97. The first-order chi connectivity index (χ1) is 8.33. The molecule has 3 aromatic rings. The Labute approximate surface area is 102 Å². The van der Waals surface area contributed by atoms with Gasteiger partial charge in [-0.25, -0.2) is 0 Å². The zero-order chi connectivity index (χ0) is 11.7. The molecule has 0 aliphatic carbocycles. The van der Waals surface area contributed by atoms with E-state index in [4.69, 9.17) is 11.6 Å². The summed E-state index contributed by atoms with van der Waals surface area (Å²) in [7, 11) is 0. The third-order valence-corrected chi connectivity index (χ3v) is 2.58. The largest absolute Gasteiger partial charge is 0.264 e. The summed E-state index contributed by atoms with van der Waals surface area (Å²) in [5.74, 6) is 0.746. The van der Waals surface area contributed by atoms with Crippen molar-refractivity contribution in [3.05, 3.63) is 53.2 Å². The zero-order valence-corrected chi connectivity index (χ0v) is 9.54. The molecule has 0 radical (unpaired) electrons. The Kier molecular flexibility index (Phi) is 2.45. The molecule has 0 atom stereocenters. The SMILES string of the molecule is Clc1ccc2nnc(Cc3cccnc3)n2n1. The summed E-state index contributed by atoms with van der Waals surface area (Å²) < 4.78 is 1.65. The topological polar surface area (TPSA) is 56.0 Å². The number of fused-ring (bicyclic) bond motifs is 1. The molecule has 0 saturated carbocycles. The van der Waals surface area contributed by atoms with E-state index in [0.29, 0.717) is 17.2 Å². The maximum atomic E-state index is 5.85. The van der Waals surface area contributed by atoms with E-state index in [-0.39, 0.29) is 0 Å². The molecule has 0 aliphatic rings. The van der Waals surface area contributed by atoms with Gasteiger partial charge in [0.15, 0.2) is 11.5 Å². The predicted molar refractivity (Wildman–Crippen MR) is 62.8 cm³/mol. The standard InChI is InChI=1S/C11H8ClN5/c12-9-3-4-10-14-15-11(17(10)16-9)6-8-2-1-5-13-7-8/h1-5,7H,6H2. The maximum absolute atomic E-state index is 5.85. The highest BCUT2D eigenvalue weighted by atomic mass is 35.5. The van der Waals surface area contributed by atoms with Gasteiger partial charge < -0.3 is 0 Å². The fourth-order valence-electron chi connectivity index (χ4n) is 1.61. The van der Waals surface area contributed by atoms with E-state index in [2.05, 4.69) is 20.3 Å². The van der Waals surface area contributed by atoms with Gasteiger partial charge in [0.1, 0.15) is 5.15 Å². The molecule has 3 aromatic heterocycles. The van der Waals surface area contributed by atoms with Crippen molar-refractivity contribution < 1.29 is 0 Å². The van der Waals surface area contributed by atoms with E-state index >= 15 is 0 Å². The van der Waals surface area contributed by atoms with Crippen LogP contribution in [0, 0.1) is 0 Å². The second-order valence-electron chi connectivity index (χ2n) is 3.58. The van der Waals surface area contributed by atoms with Gasteiger partial charge in [0.05, 0.1) is 0 Å². The lowest BCUT2D eigenvalue weighted by molar-refractivity contribution is 0.836. The van der Waals surface area contributed by atoms with Crippen LogP contribution in [0.4, 0.5) is 0 Å². The van der Waals surface area contributed by atoms with E-state index in [1.54, 1.807) is 29.0 Å². The molecule has 0 aromatic carbocycles. The fourth-order valence-corrected chi connectivity index (χ4v) is 1.75. The molecule has 0 spiro atoms. The van der Waals surface area contributed by atoms with Crippen LogP contribution in [0.25, 0.3) is 5.65 Å². The summed E-state index contributed by atoms with van der Waals surface area (Å²) in [5.41, 5.74) is 1.75. The van der Waals surface area contributed by atoms with Crippen molar-refractivity contribution >= 4 is 17.2 Å². The first kappa shape index (κ1) is 10.2. The van der Waals surface area contributed by atoms with Crippen molar-refractivity contribution in [2.75, 3.05) is 0 Å². The number of halogens is 1. The van der Waals surface area contributed by atoms with Gasteiger partial charge in [0.25, 0.3) is 0 Å². The van der Waals surface area contributed by atoms with E-state index in [0.717, 1.165) is 11.4 Å². The Morgan fingerprint density at radius 1 is 1.18 bits per heavy atom. The Morgan fingerprint density at radius 3 is 2.94 bits per heavy atom. The third-order valence-electron chi connectivity index (χ3n) is 2.38. The smallest absolute Gasteiger partial charge is 0.178 e. The summed E-state index contributed by atoms with van der Waals surface area (Å²) in [4.78, 5) is 4.06. The van der Waals surface area contributed by atoms with E-state index in [1.165, 1.54) is 0 Å². The van der Waals surface area contributed by atoms with Gasteiger partial charge in [-0.05, 0) is 23.8 Å². The molecule has 3 heterocycles. The molecular weight excluding hydrogens is 238 g/mol.